The molecule has 108 valence electrons. The molecule has 0 saturated carbocycles. The smallest absolute Gasteiger partial charge is 0.228 e. The van der Waals surface area contributed by atoms with E-state index in [1.165, 1.54) is 31.4 Å². The Bertz CT molecular complexity index is 483. The van der Waals surface area contributed by atoms with Crippen LogP contribution in [0.5, 0.6) is 0 Å². The SMILES string of the molecule is O=C1CC(Br)CN1c1ccccc1N1CCCCCC1. The zero-order chi connectivity index (χ0) is 13.9. The number of halogens is 1. The van der Waals surface area contributed by atoms with Gasteiger partial charge < -0.3 is 9.80 Å². The number of rotatable bonds is 2. The van der Waals surface area contributed by atoms with Gasteiger partial charge in [-0.25, -0.2) is 0 Å². The number of hydrogen-bond donors (Lipinski definition) is 0. The van der Waals surface area contributed by atoms with Crippen molar-refractivity contribution in [3.63, 3.8) is 0 Å². The predicted octanol–water partition coefficient (Wildman–Crippen LogP) is 3.57. The Morgan fingerprint density at radius 2 is 1.65 bits per heavy atom. The lowest BCUT2D eigenvalue weighted by atomic mass is 10.2. The summed E-state index contributed by atoms with van der Waals surface area (Å²) in [5, 5.41) is 0. The molecule has 1 amide bonds. The van der Waals surface area contributed by atoms with Gasteiger partial charge in [-0.3, -0.25) is 4.79 Å². The summed E-state index contributed by atoms with van der Waals surface area (Å²) in [7, 11) is 0. The van der Waals surface area contributed by atoms with Crippen LogP contribution in [0.25, 0.3) is 0 Å². The molecule has 2 fully saturated rings. The highest BCUT2D eigenvalue weighted by molar-refractivity contribution is 9.09. The molecule has 4 heteroatoms. The van der Waals surface area contributed by atoms with Gasteiger partial charge in [-0.1, -0.05) is 40.9 Å². The number of hydrogen-bond acceptors (Lipinski definition) is 2. The highest BCUT2D eigenvalue weighted by Crippen LogP contribution is 2.34. The van der Waals surface area contributed by atoms with Crippen LogP contribution in [0.1, 0.15) is 32.1 Å². The van der Waals surface area contributed by atoms with E-state index in [9.17, 15) is 4.79 Å². The van der Waals surface area contributed by atoms with Crippen molar-refractivity contribution in [2.45, 2.75) is 36.9 Å². The molecule has 0 spiro atoms. The minimum absolute atomic E-state index is 0.231. The van der Waals surface area contributed by atoms with E-state index in [0.717, 1.165) is 25.3 Å². The van der Waals surface area contributed by atoms with Crippen LogP contribution in [-0.2, 0) is 4.79 Å². The molecule has 1 aromatic rings. The quantitative estimate of drug-likeness (QED) is 0.771. The second kappa shape index (κ2) is 6.17. The van der Waals surface area contributed by atoms with Crippen molar-refractivity contribution in [3.05, 3.63) is 24.3 Å². The molecule has 2 heterocycles. The van der Waals surface area contributed by atoms with Crippen molar-refractivity contribution < 1.29 is 4.79 Å². The summed E-state index contributed by atoms with van der Waals surface area (Å²) in [6, 6.07) is 8.36. The molecule has 2 aliphatic rings. The molecule has 3 rings (SSSR count). The maximum atomic E-state index is 12.2. The number of anilines is 2. The Kier molecular flexibility index (Phi) is 4.29. The monoisotopic (exact) mass is 336 g/mol. The molecule has 0 radical (unpaired) electrons. The molecule has 2 aliphatic heterocycles. The topological polar surface area (TPSA) is 23.6 Å². The molecule has 20 heavy (non-hydrogen) atoms. The van der Waals surface area contributed by atoms with E-state index >= 15 is 0 Å². The summed E-state index contributed by atoms with van der Waals surface area (Å²) >= 11 is 3.57. The number of alkyl halides is 1. The van der Waals surface area contributed by atoms with Gasteiger partial charge in [0.2, 0.25) is 5.91 Å². The Hall–Kier alpha value is -1.03. The first kappa shape index (κ1) is 13.9. The second-order valence-corrected chi connectivity index (χ2v) is 6.99. The third-order valence-corrected chi connectivity index (χ3v) is 4.81. The van der Waals surface area contributed by atoms with Crippen molar-refractivity contribution in [1.29, 1.82) is 0 Å². The minimum atomic E-state index is 0.231. The van der Waals surface area contributed by atoms with Crippen LogP contribution >= 0.6 is 15.9 Å². The van der Waals surface area contributed by atoms with Gasteiger partial charge in [-0.15, -0.1) is 0 Å². The fourth-order valence-corrected chi connectivity index (χ4v) is 3.73. The average Bonchev–Trinajstić information content (AvgIpc) is 2.68. The fraction of sp³-hybridized carbons (Fsp3) is 0.562. The Morgan fingerprint density at radius 3 is 2.25 bits per heavy atom. The molecule has 1 unspecified atom stereocenters. The first-order valence-corrected chi connectivity index (χ1v) is 8.45. The van der Waals surface area contributed by atoms with Gasteiger partial charge in [0.25, 0.3) is 0 Å². The van der Waals surface area contributed by atoms with Crippen LogP contribution in [0, 0.1) is 0 Å². The average molecular weight is 337 g/mol. The van der Waals surface area contributed by atoms with Gasteiger partial charge in [0, 0.05) is 30.9 Å². The van der Waals surface area contributed by atoms with Crippen molar-refractivity contribution in [1.82, 2.24) is 0 Å². The lowest BCUT2D eigenvalue weighted by Crippen LogP contribution is -2.30. The Balaban J connectivity index is 1.89. The van der Waals surface area contributed by atoms with E-state index in [4.69, 9.17) is 0 Å². The van der Waals surface area contributed by atoms with Crippen molar-refractivity contribution in [2.24, 2.45) is 0 Å². The van der Waals surface area contributed by atoms with Gasteiger partial charge in [0.15, 0.2) is 0 Å². The van der Waals surface area contributed by atoms with Gasteiger partial charge in [0.05, 0.1) is 11.4 Å². The highest BCUT2D eigenvalue weighted by Gasteiger charge is 2.30. The van der Waals surface area contributed by atoms with Crippen LogP contribution in [0.2, 0.25) is 0 Å². The lowest BCUT2D eigenvalue weighted by molar-refractivity contribution is -0.117. The summed E-state index contributed by atoms with van der Waals surface area (Å²) in [6.07, 6.45) is 5.76. The molecular formula is C16H21BrN2O. The summed E-state index contributed by atoms with van der Waals surface area (Å²) < 4.78 is 0. The summed E-state index contributed by atoms with van der Waals surface area (Å²) in [5.74, 6) is 0.231. The minimum Gasteiger partial charge on any atom is -0.370 e. The van der Waals surface area contributed by atoms with Crippen LogP contribution in [-0.4, -0.2) is 30.4 Å². The second-order valence-electron chi connectivity index (χ2n) is 5.70. The van der Waals surface area contributed by atoms with E-state index in [2.05, 4.69) is 39.0 Å². The normalized spacial score (nSPS) is 24.1. The zero-order valence-corrected chi connectivity index (χ0v) is 13.3. The number of carbonyl (C=O) groups is 1. The van der Waals surface area contributed by atoms with Gasteiger partial charge in [-0.05, 0) is 25.0 Å². The van der Waals surface area contributed by atoms with Crippen LogP contribution < -0.4 is 9.80 Å². The summed E-state index contributed by atoms with van der Waals surface area (Å²) in [6.45, 7) is 3.00. The standard InChI is InChI=1S/C16H21BrN2O/c17-13-11-16(20)19(12-13)15-8-4-3-7-14(15)18-9-5-1-2-6-10-18/h3-4,7-8,13H,1-2,5-6,9-12H2. The number of nitrogens with zero attached hydrogens (tertiary/aromatic N) is 2. The highest BCUT2D eigenvalue weighted by atomic mass is 79.9. The molecule has 2 saturated heterocycles. The van der Waals surface area contributed by atoms with E-state index in [-0.39, 0.29) is 10.7 Å². The first-order chi connectivity index (χ1) is 9.75. The van der Waals surface area contributed by atoms with Crippen LogP contribution in [0.3, 0.4) is 0 Å². The summed E-state index contributed by atoms with van der Waals surface area (Å²) in [4.78, 5) is 16.8. The van der Waals surface area contributed by atoms with Crippen molar-refractivity contribution in [3.8, 4) is 0 Å². The molecule has 0 N–H and O–H groups in total. The van der Waals surface area contributed by atoms with Crippen molar-refractivity contribution in [2.75, 3.05) is 29.4 Å². The maximum absolute atomic E-state index is 12.2. The molecule has 3 nitrogen and oxygen atoms in total. The molecule has 0 aromatic heterocycles. The summed E-state index contributed by atoms with van der Waals surface area (Å²) in [5.41, 5.74) is 2.31. The van der Waals surface area contributed by atoms with Crippen LogP contribution in [0.15, 0.2) is 24.3 Å². The number of carbonyl (C=O) groups excluding carboxylic acids is 1. The molecule has 0 bridgehead atoms. The van der Waals surface area contributed by atoms with Crippen molar-refractivity contribution >= 4 is 33.2 Å². The van der Waals surface area contributed by atoms with Gasteiger partial charge in [0.1, 0.15) is 0 Å². The molecular weight excluding hydrogens is 316 g/mol. The number of para-hydroxylation sites is 2. The lowest BCUT2D eigenvalue weighted by Gasteiger charge is -2.28. The zero-order valence-electron chi connectivity index (χ0n) is 11.7. The number of benzene rings is 1. The fourth-order valence-electron chi connectivity index (χ4n) is 3.17. The predicted molar refractivity (Wildman–Crippen MR) is 86.8 cm³/mol. The van der Waals surface area contributed by atoms with E-state index in [0.29, 0.717) is 6.42 Å². The van der Waals surface area contributed by atoms with Gasteiger partial charge in [-0.2, -0.15) is 0 Å². The third-order valence-electron chi connectivity index (χ3n) is 4.20. The third kappa shape index (κ3) is 2.85. The maximum Gasteiger partial charge on any atom is 0.228 e. The number of amides is 1. The van der Waals surface area contributed by atoms with E-state index in [1.807, 2.05) is 11.0 Å². The molecule has 1 aromatic carbocycles. The molecule has 1 atom stereocenters. The Morgan fingerprint density at radius 1 is 1.00 bits per heavy atom. The molecule has 0 aliphatic carbocycles. The van der Waals surface area contributed by atoms with Gasteiger partial charge >= 0.3 is 0 Å². The first-order valence-electron chi connectivity index (χ1n) is 7.54. The Labute approximate surface area is 129 Å². The van der Waals surface area contributed by atoms with E-state index < -0.39 is 0 Å². The van der Waals surface area contributed by atoms with E-state index in [1.54, 1.807) is 0 Å². The van der Waals surface area contributed by atoms with Crippen LogP contribution in [0.4, 0.5) is 11.4 Å². The largest absolute Gasteiger partial charge is 0.370 e.